The van der Waals surface area contributed by atoms with Crippen molar-refractivity contribution in [3.05, 3.63) is 46.2 Å². The quantitative estimate of drug-likeness (QED) is 0.790. The molecule has 0 saturated carbocycles. The first kappa shape index (κ1) is 17.1. The first-order valence-electron chi connectivity index (χ1n) is 6.42. The van der Waals surface area contributed by atoms with Gasteiger partial charge in [0, 0.05) is 10.6 Å². The zero-order valence-electron chi connectivity index (χ0n) is 12.1. The Morgan fingerprint density at radius 1 is 1.26 bits per heavy atom. The Kier molecular flexibility index (Phi) is 5.14. The predicted octanol–water partition coefficient (Wildman–Crippen LogP) is 1.50. The molecule has 0 fully saturated rings. The summed E-state index contributed by atoms with van der Waals surface area (Å²) in [5.41, 5.74) is 0.240. The molecule has 7 nitrogen and oxygen atoms in total. The molecule has 3 N–H and O–H groups in total. The third-order valence-electron chi connectivity index (χ3n) is 2.72. The van der Waals surface area contributed by atoms with Crippen LogP contribution in [0.3, 0.4) is 0 Å². The lowest BCUT2D eigenvalue weighted by Gasteiger charge is -2.07. The van der Waals surface area contributed by atoms with Gasteiger partial charge in [-0.25, -0.2) is 18.4 Å². The van der Waals surface area contributed by atoms with E-state index in [1.165, 1.54) is 35.6 Å². The van der Waals surface area contributed by atoms with E-state index < -0.39 is 28.5 Å². The van der Waals surface area contributed by atoms with E-state index in [2.05, 4.69) is 5.32 Å². The smallest absolute Gasteiger partial charge is 0.348 e. The van der Waals surface area contributed by atoms with Crippen LogP contribution in [0.4, 0.5) is 5.69 Å². The van der Waals surface area contributed by atoms with Crippen molar-refractivity contribution in [2.45, 2.75) is 11.8 Å². The first-order chi connectivity index (χ1) is 10.8. The van der Waals surface area contributed by atoms with Crippen molar-refractivity contribution in [3.63, 3.8) is 0 Å². The number of benzene rings is 1. The maximum Gasteiger partial charge on any atom is 0.348 e. The zero-order chi connectivity index (χ0) is 17.0. The summed E-state index contributed by atoms with van der Waals surface area (Å²) in [6.45, 7) is 1.38. The number of rotatable bonds is 5. The van der Waals surface area contributed by atoms with Crippen molar-refractivity contribution in [2.24, 2.45) is 5.14 Å². The molecule has 0 atom stereocenters. The van der Waals surface area contributed by atoms with Crippen molar-refractivity contribution >= 4 is 38.9 Å². The van der Waals surface area contributed by atoms with Crippen molar-refractivity contribution in [3.8, 4) is 0 Å². The molecular formula is C14H14N2O5S2. The summed E-state index contributed by atoms with van der Waals surface area (Å²) in [6, 6.07) is 8.87. The second-order valence-electron chi connectivity index (χ2n) is 4.61. The SMILES string of the molecule is Cc1ccc(C(=O)OCC(=O)Nc2cccc(S(N)(=O)=O)c2)s1. The molecule has 0 aliphatic rings. The third kappa shape index (κ3) is 4.88. The molecule has 1 heterocycles. The molecule has 0 spiro atoms. The highest BCUT2D eigenvalue weighted by Gasteiger charge is 2.13. The molecule has 0 saturated heterocycles. The van der Waals surface area contributed by atoms with Crippen LogP contribution in [0.2, 0.25) is 0 Å². The molecule has 1 aromatic heterocycles. The van der Waals surface area contributed by atoms with Crippen LogP contribution in [-0.4, -0.2) is 26.9 Å². The average molecular weight is 354 g/mol. The number of amides is 1. The molecule has 23 heavy (non-hydrogen) atoms. The monoisotopic (exact) mass is 354 g/mol. The summed E-state index contributed by atoms with van der Waals surface area (Å²) in [4.78, 5) is 24.7. The van der Waals surface area contributed by atoms with Gasteiger partial charge in [-0.05, 0) is 37.3 Å². The Bertz CT molecular complexity index is 842. The summed E-state index contributed by atoms with van der Waals surface area (Å²) in [6.07, 6.45) is 0. The van der Waals surface area contributed by atoms with Gasteiger partial charge in [-0.3, -0.25) is 4.79 Å². The fraction of sp³-hybridized carbons (Fsp3) is 0.143. The molecule has 0 unspecified atom stereocenters. The highest BCUT2D eigenvalue weighted by molar-refractivity contribution is 7.89. The Morgan fingerprint density at radius 3 is 2.61 bits per heavy atom. The van der Waals surface area contributed by atoms with E-state index in [9.17, 15) is 18.0 Å². The number of nitrogens with one attached hydrogen (secondary N) is 1. The van der Waals surface area contributed by atoms with Crippen LogP contribution in [0, 0.1) is 6.92 Å². The number of carbonyl (C=O) groups is 2. The molecule has 2 aromatic rings. The van der Waals surface area contributed by atoms with E-state index in [1.807, 2.05) is 6.92 Å². The van der Waals surface area contributed by atoms with Crippen LogP contribution in [0.15, 0.2) is 41.3 Å². The lowest BCUT2D eigenvalue weighted by atomic mass is 10.3. The van der Waals surface area contributed by atoms with Gasteiger partial charge in [0.15, 0.2) is 6.61 Å². The second-order valence-corrected chi connectivity index (χ2v) is 7.46. The molecule has 9 heteroatoms. The van der Waals surface area contributed by atoms with Crippen molar-refractivity contribution in [2.75, 3.05) is 11.9 Å². The number of hydrogen-bond donors (Lipinski definition) is 2. The van der Waals surface area contributed by atoms with Crippen molar-refractivity contribution < 1.29 is 22.7 Å². The Morgan fingerprint density at radius 2 is 2.00 bits per heavy atom. The number of hydrogen-bond acceptors (Lipinski definition) is 6. The fourth-order valence-electron chi connectivity index (χ4n) is 1.69. The minimum atomic E-state index is -3.86. The van der Waals surface area contributed by atoms with Crippen LogP contribution in [-0.2, 0) is 19.6 Å². The van der Waals surface area contributed by atoms with Gasteiger partial charge >= 0.3 is 5.97 Å². The maximum atomic E-state index is 11.7. The molecule has 1 aromatic carbocycles. The van der Waals surface area contributed by atoms with Gasteiger partial charge < -0.3 is 10.1 Å². The first-order valence-corrected chi connectivity index (χ1v) is 8.78. The molecule has 0 aliphatic carbocycles. The topological polar surface area (TPSA) is 116 Å². The van der Waals surface area contributed by atoms with E-state index in [0.717, 1.165) is 4.88 Å². The largest absolute Gasteiger partial charge is 0.451 e. The lowest BCUT2D eigenvalue weighted by Crippen LogP contribution is -2.21. The number of carbonyl (C=O) groups excluding carboxylic acids is 2. The van der Waals surface area contributed by atoms with Gasteiger partial charge in [-0.2, -0.15) is 0 Å². The minimum absolute atomic E-state index is 0.124. The molecule has 122 valence electrons. The normalized spacial score (nSPS) is 11.0. The van der Waals surface area contributed by atoms with E-state index in [-0.39, 0.29) is 10.6 Å². The van der Waals surface area contributed by atoms with Crippen molar-refractivity contribution in [1.82, 2.24) is 0 Å². The summed E-state index contributed by atoms with van der Waals surface area (Å²) >= 11 is 1.27. The van der Waals surface area contributed by atoms with Crippen LogP contribution in [0.25, 0.3) is 0 Å². The number of primary sulfonamides is 1. The molecule has 0 bridgehead atoms. The number of thiophene rings is 1. The Labute approximate surface area is 137 Å². The van der Waals surface area contributed by atoms with Crippen LogP contribution in [0.5, 0.6) is 0 Å². The molecular weight excluding hydrogens is 340 g/mol. The van der Waals surface area contributed by atoms with E-state index in [0.29, 0.717) is 4.88 Å². The minimum Gasteiger partial charge on any atom is -0.451 e. The third-order valence-corrected chi connectivity index (χ3v) is 4.61. The number of sulfonamides is 1. The molecule has 1 amide bonds. The van der Waals surface area contributed by atoms with E-state index >= 15 is 0 Å². The van der Waals surface area contributed by atoms with Gasteiger partial charge in [0.1, 0.15) is 4.88 Å². The number of ether oxygens (including phenoxy) is 1. The Hall–Kier alpha value is -2.23. The Balaban J connectivity index is 1.94. The fourth-order valence-corrected chi connectivity index (χ4v) is 3.02. The zero-order valence-corrected chi connectivity index (χ0v) is 13.7. The highest BCUT2D eigenvalue weighted by atomic mass is 32.2. The lowest BCUT2D eigenvalue weighted by molar-refractivity contribution is -0.119. The summed E-state index contributed by atoms with van der Waals surface area (Å²) < 4.78 is 27.4. The predicted molar refractivity (Wildman–Crippen MR) is 85.8 cm³/mol. The van der Waals surface area contributed by atoms with Crippen LogP contribution in [0.1, 0.15) is 14.5 Å². The van der Waals surface area contributed by atoms with Crippen molar-refractivity contribution in [1.29, 1.82) is 0 Å². The molecule has 0 radical (unpaired) electrons. The number of anilines is 1. The van der Waals surface area contributed by atoms with Gasteiger partial charge in [0.25, 0.3) is 5.91 Å². The summed E-state index contributed by atoms with van der Waals surface area (Å²) in [5.74, 6) is -1.17. The molecule has 0 aliphatic heterocycles. The second kappa shape index (κ2) is 6.90. The average Bonchev–Trinajstić information content (AvgIpc) is 2.91. The maximum absolute atomic E-state index is 11.7. The highest BCUT2D eigenvalue weighted by Crippen LogP contribution is 2.16. The van der Waals surface area contributed by atoms with Gasteiger partial charge in [-0.15, -0.1) is 11.3 Å². The number of aryl methyl sites for hydroxylation is 1. The molecule has 2 rings (SSSR count). The van der Waals surface area contributed by atoms with Gasteiger partial charge in [-0.1, -0.05) is 6.07 Å². The summed E-state index contributed by atoms with van der Waals surface area (Å²) in [7, 11) is -3.86. The standard InChI is InChI=1S/C14H14N2O5S2/c1-9-5-6-12(22-9)14(18)21-8-13(17)16-10-3-2-4-11(7-10)23(15,19)20/h2-7H,8H2,1H3,(H,16,17)(H2,15,19,20). The van der Waals surface area contributed by atoms with E-state index in [1.54, 1.807) is 12.1 Å². The van der Waals surface area contributed by atoms with Gasteiger partial charge in [0.2, 0.25) is 10.0 Å². The van der Waals surface area contributed by atoms with E-state index in [4.69, 9.17) is 9.88 Å². The summed E-state index contributed by atoms with van der Waals surface area (Å²) in [5, 5.41) is 7.45. The van der Waals surface area contributed by atoms with Gasteiger partial charge in [0.05, 0.1) is 4.90 Å². The number of nitrogens with two attached hydrogens (primary N) is 1. The number of esters is 1. The van der Waals surface area contributed by atoms with Crippen LogP contribution < -0.4 is 10.5 Å². The van der Waals surface area contributed by atoms with Crippen LogP contribution >= 0.6 is 11.3 Å².